The molecular weight excluding hydrogens is 282 g/mol. The molecule has 1 aromatic carbocycles. The van der Waals surface area contributed by atoms with E-state index < -0.39 is 5.54 Å². The average Bonchev–Trinajstić information content (AvgIpc) is 3.27. The lowest BCUT2D eigenvalue weighted by atomic mass is 10.0. The predicted molar refractivity (Wildman–Crippen MR) is 83.9 cm³/mol. The molecule has 3 N–H and O–H groups in total. The molecule has 1 heterocycles. The fourth-order valence-corrected chi connectivity index (χ4v) is 2.20. The van der Waals surface area contributed by atoms with E-state index in [1.54, 1.807) is 19.1 Å². The summed E-state index contributed by atoms with van der Waals surface area (Å²) in [5.74, 6) is 1.25. The van der Waals surface area contributed by atoms with Crippen LogP contribution in [0.25, 0.3) is 11.1 Å². The number of hydrogen-bond acceptors (Lipinski definition) is 4. The molecule has 2 amide bonds. The number of aromatic nitrogens is 1. The van der Waals surface area contributed by atoms with Gasteiger partial charge in [0.15, 0.2) is 11.5 Å². The van der Waals surface area contributed by atoms with Gasteiger partial charge >= 0.3 is 6.03 Å². The Morgan fingerprint density at radius 1 is 1.50 bits per heavy atom. The Kier molecular flexibility index (Phi) is 3.78. The molecule has 118 valence electrons. The molecule has 3 rings (SSSR count). The molecule has 2 aromatic rings. The fraction of sp³-hybridized carbons (Fsp3) is 0.500. The molecule has 6 nitrogen and oxygen atoms in total. The number of nitrogens with zero attached hydrogens (tertiary/aromatic N) is 1. The van der Waals surface area contributed by atoms with Gasteiger partial charge in [0.25, 0.3) is 0 Å². The summed E-state index contributed by atoms with van der Waals surface area (Å²) in [7, 11) is 0. The average molecular weight is 303 g/mol. The van der Waals surface area contributed by atoms with Gasteiger partial charge in [-0.2, -0.15) is 0 Å². The van der Waals surface area contributed by atoms with Crippen LogP contribution in [0, 0.1) is 0 Å². The lowest BCUT2D eigenvalue weighted by Crippen LogP contribution is -2.50. The third-order valence-electron chi connectivity index (χ3n) is 4.13. The largest absolute Gasteiger partial charge is 0.440 e. The number of carbonyl (C=O) groups is 1. The van der Waals surface area contributed by atoms with Crippen molar-refractivity contribution in [2.75, 3.05) is 11.9 Å². The van der Waals surface area contributed by atoms with Crippen LogP contribution in [0.1, 0.15) is 44.9 Å². The van der Waals surface area contributed by atoms with Crippen molar-refractivity contribution in [1.82, 2.24) is 10.3 Å². The zero-order valence-electron chi connectivity index (χ0n) is 12.8. The van der Waals surface area contributed by atoms with Crippen LogP contribution in [-0.4, -0.2) is 28.3 Å². The summed E-state index contributed by atoms with van der Waals surface area (Å²) < 4.78 is 5.69. The summed E-state index contributed by atoms with van der Waals surface area (Å²) >= 11 is 0. The first-order valence-corrected chi connectivity index (χ1v) is 7.63. The number of oxazole rings is 1. The molecule has 1 aliphatic carbocycles. The first-order valence-electron chi connectivity index (χ1n) is 7.63. The number of aliphatic hydroxyl groups is 1. The van der Waals surface area contributed by atoms with Gasteiger partial charge in [0.1, 0.15) is 5.52 Å². The molecule has 1 saturated carbocycles. The first-order chi connectivity index (χ1) is 10.5. The smallest absolute Gasteiger partial charge is 0.319 e. The molecule has 0 aliphatic heterocycles. The molecular formula is C16H21N3O3. The molecule has 1 aromatic heterocycles. The topological polar surface area (TPSA) is 87.4 Å². The van der Waals surface area contributed by atoms with E-state index in [0.717, 1.165) is 29.8 Å². The Balaban J connectivity index is 1.71. The van der Waals surface area contributed by atoms with E-state index in [1.807, 2.05) is 13.0 Å². The van der Waals surface area contributed by atoms with E-state index in [1.165, 1.54) is 0 Å². The van der Waals surface area contributed by atoms with Crippen LogP contribution < -0.4 is 10.6 Å². The molecule has 0 saturated heterocycles. The van der Waals surface area contributed by atoms with Crippen molar-refractivity contribution in [2.24, 2.45) is 0 Å². The number of anilines is 1. The minimum Gasteiger partial charge on any atom is -0.440 e. The van der Waals surface area contributed by atoms with Crippen LogP contribution in [0.3, 0.4) is 0 Å². The zero-order valence-corrected chi connectivity index (χ0v) is 12.8. The van der Waals surface area contributed by atoms with Crippen LogP contribution in [0.15, 0.2) is 22.6 Å². The van der Waals surface area contributed by atoms with Crippen LogP contribution in [-0.2, 0) is 0 Å². The quantitative estimate of drug-likeness (QED) is 0.792. The minimum absolute atomic E-state index is 0.107. The SMILES string of the molecule is CCC(C)(CO)NC(=O)Nc1ccc2oc(C3CC3)nc2c1. The summed E-state index contributed by atoms with van der Waals surface area (Å²) in [4.78, 5) is 16.5. The second-order valence-corrected chi connectivity index (χ2v) is 6.16. The molecule has 6 heteroatoms. The third kappa shape index (κ3) is 3.06. The monoisotopic (exact) mass is 303 g/mol. The molecule has 0 bridgehead atoms. The number of hydrogen-bond donors (Lipinski definition) is 3. The highest BCUT2D eigenvalue weighted by atomic mass is 16.3. The van der Waals surface area contributed by atoms with Gasteiger partial charge in [0.05, 0.1) is 12.1 Å². The zero-order chi connectivity index (χ0) is 15.7. The Bertz CT molecular complexity index is 687. The van der Waals surface area contributed by atoms with Crippen molar-refractivity contribution in [1.29, 1.82) is 0 Å². The van der Waals surface area contributed by atoms with E-state index >= 15 is 0 Å². The van der Waals surface area contributed by atoms with E-state index in [2.05, 4.69) is 15.6 Å². The highest BCUT2D eigenvalue weighted by molar-refractivity contribution is 5.92. The van der Waals surface area contributed by atoms with Crippen molar-refractivity contribution >= 4 is 22.8 Å². The molecule has 0 spiro atoms. The van der Waals surface area contributed by atoms with Gasteiger partial charge in [0, 0.05) is 11.6 Å². The Morgan fingerprint density at radius 2 is 2.27 bits per heavy atom. The van der Waals surface area contributed by atoms with Gasteiger partial charge in [-0.05, 0) is 44.4 Å². The first kappa shape index (κ1) is 14.8. The van der Waals surface area contributed by atoms with E-state index in [9.17, 15) is 9.90 Å². The fourth-order valence-electron chi connectivity index (χ4n) is 2.20. The van der Waals surface area contributed by atoms with E-state index in [4.69, 9.17) is 4.42 Å². The number of benzene rings is 1. The van der Waals surface area contributed by atoms with Crippen molar-refractivity contribution in [3.8, 4) is 0 Å². The number of amides is 2. The molecule has 1 aliphatic rings. The van der Waals surface area contributed by atoms with Crippen molar-refractivity contribution in [3.63, 3.8) is 0 Å². The molecule has 1 atom stereocenters. The normalized spacial score (nSPS) is 17.2. The highest BCUT2D eigenvalue weighted by Gasteiger charge is 2.29. The summed E-state index contributed by atoms with van der Waals surface area (Å²) in [5, 5.41) is 14.9. The number of carbonyl (C=O) groups excluding carboxylic acids is 1. The summed E-state index contributed by atoms with van der Waals surface area (Å²) in [6.45, 7) is 3.61. The Labute approximate surface area is 128 Å². The van der Waals surface area contributed by atoms with Crippen molar-refractivity contribution in [3.05, 3.63) is 24.1 Å². The summed E-state index contributed by atoms with van der Waals surface area (Å²) in [6.07, 6.45) is 2.91. The van der Waals surface area contributed by atoms with Gasteiger partial charge in [-0.1, -0.05) is 6.92 Å². The second-order valence-electron chi connectivity index (χ2n) is 6.16. The third-order valence-corrected chi connectivity index (χ3v) is 4.13. The Hall–Kier alpha value is -2.08. The van der Waals surface area contributed by atoms with Gasteiger partial charge in [-0.3, -0.25) is 0 Å². The predicted octanol–water partition coefficient (Wildman–Crippen LogP) is 2.99. The van der Waals surface area contributed by atoms with Crippen molar-refractivity contribution < 1.29 is 14.3 Å². The standard InChI is InChI=1S/C16H21N3O3/c1-3-16(2,9-20)19-15(21)17-11-6-7-13-12(8-11)18-14(22-13)10-4-5-10/h6-8,10,20H,3-5,9H2,1-2H3,(H2,17,19,21). The maximum atomic E-state index is 12.0. The maximum Gasteiger partial charge on any atom is 0.319 e. The van der Waals surface area contributed by atoms with E-state index in [0.29, 0.717) is 18.0 Å². The van der Waals surface area contributed by atoms with Crippen LogP contribution in [0.2, 0.25) is 0 Å². The molecule has 1 unspecified atom stereocenters. The van der Waals surface area contributed by atoms with Crippen LogP contribution >= 0.6 is 0 Å². The highest BCUT2D eigenvalue weighted by Crippen LogP contribution is 2.40. The number of nitrogens with one attached hydrogen (secondary N) is 2. The number of rotatable bonds is 5. The molecule has 0 radical (unpaired) electrons. The second kappa shape index (κ2) is 5.61. The van der Waals surface area contributed by atoms with Gasteiger partial charge in [0.2, 0.25) is 0 Å². The Morgan fingerprint density at radius 3 is 2.91 bits per heavy atom. The van der Waals surface area contributed by atoms with Gasteiger partial charge in [-0.15, -0.1) is 0 Å². The number of fused-ring (bicyclic) bond motifs is 1. The minimum atomic E-state index is -0.624. The van der Waals surface area contributed by atoms with Gasteiger partial charge in [-0.25, -0.2) is 9.78 Å². The van der Waals surface area contributed by atoms with E-state index in [-0.39, 0.29) is 12.6 Å². The summed E-state index contributed by atoms with van der Waals surface area (Å²) in [6, 6.07) is 5.05. The lowest BCUT2D eigenvalue weighted by Gasteiger charge is -2.27. The number of urea groups is 1. The van der Waals surface area contributed by atoms with Crippen LogP contribution in [0.4, 0.5) is 10.5 Å². The molecule has 1 fully saturated rings. The lowest BCUT2D eigenvalue weighted by molar-refractivity contribution is 0.172. The van der Waals surface area contributed by atoms with Crippen molar-refractivity contribution in [2.45, 2.75) is 44.6 Å². The maximum absolute atomic E-state index is 12.0. The summed E-state index contributed by atoms with van der Waals surface area (Å²) in [5.41, 5.74) is 1.51. The number of aliphatic hydroxyl groups excluding tert-OH is 1. The van der Waals surface area contributed by atoms with Crippen LogP contribution in [0.5, 0.6) is 0 Å². The van der Waals surface area contributed by atoms with Gasteiger partial charge < -0.3 is 20.2 Å². The molecule has 22 heavy (non-hydrogen) atoms.